The summed E-state index contributed by atoms with van der Waals surface area (Å²) >= 11 is 0. The van der Waals surface area contributed by atoms with Crippen LogP contribution in [0.4, 0.5) is 0 Å². The molecule has 1 N–H and O–H groups in total. The molecule has 1 aliphatic carbocycles. The van der Waals surface area contributed by atoms with Gasteiger partial charge in [-0.25, -0.2) is 0 Å². The van der Waals surface area contributed by atoms with Crippen LogP contribution < -0.4 is 14.8 Å². The van der Waals surface area contributed by atoms with Crippen molar-refractivity contribution in [1.82, 2.24) is 5.32 Å². The predicted molar refractivity (Wildman–Crippen MR) is 73.5 cm³/mol. The molecule has 1 amide bonds. The zero-order valence-corrected chi connectivity index (χ0v) is 11.4. The number of ether oxygens (including phenoxy) is 2. The fourth-order valence-corrected chi connectivity index (χ4v) is 2.31. The van der Waals surface area contributed by atoms with Gasteiger partial charge in [-0.1, -0.05) is 18.9 Å². The second-order valence-electron chi connectivity index (χ2n) is 4.75. The Hall–Kier alpha value is -1.71. The van der Waals surface area contributed by atoms with Gasteiger partial charge in [0.1, 0.15) is 11.5 Å². The van der Waals surface area contributed by atoms with E-state index in [1.165, 1.54) is 12.8 Å². The molecule has 1 aromatic rings. The van der Waals surface area contributed by atoms with E-state index >= 15 is 0 Å². The lowest BCUT2D eigenvalue weighted by atomic mass is 10.2. The van der Waals surface area contributed by atoms with Crippen LogP contribution in [0, 0.1) is 0 Å². The summed E-state index contributed by atoms with van der Waals surface area (Å²) < 4.78 is 10.9. The van der Waals surface area contributed by atoms with E-state index in [0.717, 1.165) is 18.6 Å². The Morgan fingerprint density at radius 3 is 2.63 bits per heavy atom. The molecule has 19 heavy (non-hydrogen) atoms. The first-order valence-corrected chi connectivity index (χ1v) is 6.93. The minimum atomic E-state index is -0.0475. The summed E-state index contributed by atoms with van der Waals surface area (Å²) in [7, 11) is 0. The van der Waals surface area contributed by atoms with Crippen LogP contribution in [0.15, 0.2) is 24.3 Å². The first-order valence-electron chi connectivity index (χ1n) is 6.93. The molecule has 0 saturated heterocycles. The Morgan fingerprint density at radius 1 is 1.26 bits per heavy atom. The van der Waals surface area contributed by atoms with Crippen LogP contribution in [0.5, 0.6) is 11.5 Å². The summed E-state index contributed by atoms with van der Waals surface area (Å²) in [5.41, 5.74) is 0. The van der Waals surface area contributed by atoms with Crippen molar-refractivity contribution in [2.75, 3.05) is 13.2 Å². The standard InChI is InChI=1S/C15H21NO3/c1-2-18-13-8-5-9-14(10-13)19-11-15(17)16-12-6-3-4-7-12/h5,8-10,12H,2-4,6-7,11H2,1H3,(H,16,17). The molecule has 0 radical (unpaired) electrons. The Morgan fingerprint density at radius 2 is 1.95 bits per heavy atom. The quantitative estimate of drug-likeness (QED) is 0.858. The van der Waals surface area contributed by atoms with E-state index in [1.54, 1.807) is 6.07 Å². The number of hydrogen-bond acceptors (Lipinski definition) is 3. The third-order valence-electron chi connectivity index (χ3n) is 3.21. The summed E-state index contributed by atoms with van der Waals surface area (Å²) in [5.74, 6) is 1.37. The lowest BCUT2D eigenvalue weighted by molar-refractivity contribution is -0.123. The molecule has 0 aliphatic heterocycles. The SMILES string of the molecule is CCOc1cccc(OCC(=O)NC2CCCC2)c1. The van der Waals surface area contributed by atoms with Gasteiger partial charge in [-0.05, 0) is 31.9 Å². The Kier molecular flexibility index (Phi) is 5.07. The molecule has 0 unspecified atom stereocenters. The monoisotopic (exact) mass is 263 g/mol. The lowest BCUT2D eigenvalue weighted by Gasteiger charge is -2.13. The van der Waals surface area contributed by atoms with Gasteiger partial charge in [0.2, 0.25) is 0 Å². The lowest BCUT2D eigenvalue weighted by Crippen LogP contribution is -2.36. The van der Waals surface area contributed by atoms with Gasteiger partial charge in [0.15, 0.2) is 6.61 Å². The molecule has 104 valence electrons. The van der Waals surface area contributed by atoms with E-state index in [4.69, 9.17) is 9.47 Å². The van der Waals surface area contributed by atoms with Crippen molar-refractivity contribution in [2.24, 2.45) is 0 Å². The normalized spacial score (nSPS) is 15.2. The topological polar surface area (TPSA) is 47.6 Å². The van der Waals surface area contributed by atoms with E-state index in [2.05, 4.69) is 5.32 Å². The van der Waals surface area contributed by atoms with Crippen LogP contribution in [0.2, 0.25) is 0 Å². The van der Waals surface area contributed by atoms with Crippen molar-refractivity contribution >= 4 is 5.91 Å². The van der Waals surface area contributed by atoms with Gasteiger partial charge in [-0.2, -0.15) is 0 Å². The van der Waals surface area contributed by atoms with Crippen LogP contribution in [0.25, 0.3) is 0 Å². The molecular weight excluding hydrogens is 242 g/mol. The Labute approximate surface area is 114 Å². The molecule has 1 aliphatic rings. The third-order valence-corrected chi connectivity index (χ3v) is 3.21. The number of rotatable bonds is 6. The summed E-state index contributed by atoms with van der Waals surface area (Å²) in [5, 5.41) is 2.99. The number of benzene rings is 1. The first-order chi connectivity index (χ1) is 9.28. The van der Waals surface area contributed by atoms with Crippen LogP contribution in [0.1, 0.15) is 32.6 Å². The molecule has 2 rings (SSSR count). The van der Waals surface area contributed by atoms with Gasteiger partial charge in [-0.3, -0.25) is 4.79 Å². The number of carbonyl (C=O) groups is 1. The zero-order valence-electron chi connectivity index (χ0n) is 11.4. The molecule has 0 heterocycles. The molecule has 1 fully saturated rings. The maximum Gasteiger partial charge on any atom is 0.258 e. The number of amides is 1. The molecule has 4 nitrogen and oxygen atoms in total. The van der Waals surface area contributed by atoms with E-state index in [1.807, 2.05) is 25.1 Å². The average Bonchev–Trinajstić information content (AvgIpc) is 2.90. The number of hydrogen-bond donors (Lipinski definition) is 1. The van der Waals surface area contributed by atoms with Gasteiger partial charge < -0.3 is 14.8 Å². The maximum absolute atomic E-state index is 11.7. The summed E-state index contributed by atoms with van der Waals surface area (Å²) in [6.07, 6.45) is 4.60. The minimum Gasteiger partial charge on any atom is -0.494 e. The zero-order chi connectivity index (χ0) is 13.5. The van der Waals surface area contributed by atoms with Crippen LogP contribution >= 0.6 is 0 Å². The van der Waals surface area contributed by atoms with Gasteiger partial charge in [0.05, 0.1) is 6.61 Å². The smallest absolute Gasteiger partial charge is 0.258 e. The van der Waals surface area contributed by atoms with Gasteiger partial charge in [0.25, 0.3) is 5.91 Å². The molecular formula is C15H21NO3. The number of carbonyl (C=O) groups excluding carboxylic acids is 1. The molecule has 0 atom stereocenters. The van der Waals surface area contributed by atoms with Crippen molar-refractivity contribution in [3.63, 3.8) is 0 Å². The predicted octanol–water partition coefficient (Wildman–Crippen LogP) is 2.52. The highest BCUT2D eigenvalue weighted by atomic mass is 16.5. The Bertz CT molecular complexity index is 414. The third kappa shape index (κ3) is 4.47. The van der Waals surface area contributed by atoms with Gasteiger partial charge in [-0.15, -0.1) is 0 Å². The molecule has 0 spiro atoms. The number of nitrogens with one attached hydrogen (secondary N) is 1. The fraction of sp³-hybridized carbons (Fsp3) is 0.533. The van der Waals surface area contributed by atoms with Crippen molar-refractivity contribution in [2.45, 2.75) is 38.6 Å². The van der Waals surface area contributed by atoms with E-state index < -0.39 is 0 Å². The molecule has 4 heteroatoms. The van der Waals surface area contributed by atoms with Crippen LogP contribution in [-0.2, 0) is 4.79 Å². The Balaban J connectivity index is 1.77. The summed E-state index contributed by atoms with van der Waals surface area (Å²) in [6.45, 7) is 2.61. The van der Waals surface area contributed by atoms with Crippen molar-refractivity contribution in [1.29, 1.82) is 0 Å². The minimum absolute atomic E-state index is 0.0475. The molecule has 0 bridgehead atoms. The van der Waals surface area contributed by atoms with Crippen LogP contribution in [0.3, 0.4) is 0 Å². The largest absolute Gasteiger partial charge is 0.494 e. The average molecular weight is 263 g/mol. The van der Waals surface area contributed by atoms with Gasteiger partial charge in [0, 0.05) is 12.1 Å². The summed E-state index contributed by atoms with van der Waals surface area (Å²) in [6, 6.07) is 7.69. The van der Waals surface area contributed by atoms with E-state index in [-0.39, 0.29) is 12.5 Å². The maximum atomic E-state index is 11.7. The van der Waals surface area contributed by atoms with Crippen LogP contribution in [-0.4, -0.2) is 25.2 Å². The molecule has 1 aromatic carbocycles. The highest BCUT2D eigenvalue weighted by Crippen LogP contribution is 2.20. The van der Waals surface area contributed by atoms with E-state index in [9.17, 15) is 4.79 Å². The summed E-state index contributed by atoms with van der Waals surface area (Å²) in [4.78, 5) is 11.7. The molecule has 1 saturated carbocycles. The van der Waals surface area contributed by atoms with Crippen molar-refractivity contribution < 1.29 is 14.3 Å². The second-order valence-corrected chi connectivity index (χ2v) is 4.75. The molecule has 0 aromatic heterocycles. The van der Waals surface area contributed by atoms with Crippen molar-refractivity contribution in [3.8, 4) is 11.5 Å². The highest BCUT2D eigenvalue weighted by Gasteiger charge is 2.17. The highest BCUT2D eigenvalue weighted by molar-refractivity contribution is 5.77. The van der Waals surface area contributed by atoms with E-state index in [0.29, 0.717) is 18.4 Å². The second kappa shape index (κ2) is 7.02. The first kappa shape index (κ1) is 13.7. The van der Waals surface area contributed by atoms with Gasteiger partial charge >= 0.3 is 0 Å². The fourth-order valence-electron chi connectivity index (χ4n) is 2.31. The van der Waals surface area contributed by atoms with Crippen molar-refractivity contribution in [3.05, 3.63) is 24.3 Å².